The summed E-state index contributed by atoms with van der Waals surface area (Å²) in [6, 6.07) is 14.4. The highest BCUT2D eigenvalue weighted by atomic mass is 32.2. The molecule has 0 aliphatic rings. The van der Waals surface area contributed by atoms with E-state index in [1.807, 2.05) is 0 Å². The summed E-state index contributed by atoms with van der Waals surface area (Å²) in [5, 5.41) is 0.522. The minimum absolute atomic E-state index is 0.0938. The zero-order chi connectivity index (χ0) is 15.7. The summed E-state index contributed by atoms with van der Waals surface area (Å²) in [4.78, 5) is 15.1. The monoisotopic (exact) mass is 314 g/mol. The van der Waals surface area contributed by atoms with Crippen LogP contribution in [0.5, 0.6) is 0 Å². The fourth-order valence-corrected chi connectivity index (χ4v) is 3.33. The fourth-order valence-electron chi connectivity index (χ4n) is 2.26. The number of nitrogens with one attached hydrogen (secondary N) is 2. The fraction of sp³-hybridized carbons (Fsp3) is 0.0625. The van der Waals surface area contributed by atoms with Crippen molar-refractivity contribution < 1.29 is 8.42 Å². The van der Waals surface area contributed by atoms with Gasteiger partial charge in [-0.15, -0.1) is 0 Å². The lowest BCUT2D eigenvalue weighted by Gasteiger charge is -2.09. The molecule has 0 radical (unpaired) electrons. The van der Waals surface area contributed by atoms with Crippen molar-refractivity contribution in [1.29, 1.82) is 0 Å². The van der Waals surface area contributed by atoms with Crippen LogP contribution >= 0.6 is 0 Å². The minimum atomic E-state index is -3.64. The van der Waals surface area contributed by atoms with E-state index in [4.69, 9.17) is 0 Å². The third-order valence-electron chi connectivity index (χ3n) is 3.27. The first-order chi connectivity index (χ1) is 10.5. The summed E-state index contributed by atoms with van der Waals surface area (Å²) in [5.74, 6) is 0. The third kappa shape index (κ3) is 2.73. The van der Waals surface area contributed by atoms with Gasteiger partial charge in [-0.3, -0.25) is 9.52 Å². The van der Waals surface area contributed by atoms with Crippen molar-refractivity contribution in [2.75, 3.05) is 4.72 Å². The number of fused-ring (bicyclic) bond motifs is 1. The molecule has 0 saturated heterocycles. The number of pyridine rings is 1. The van der Waals surface area contributed by atoms with Gasteiger partial charge < -0.3 is 4.98 Å². The second kappa shape index (κ2) is 5.31. The van der Waals surface area contributed by atoms with Crippen molar-refractivity contribution in [3.63, 3.8) is 0 Å². The van der Waals surface area contributed by atoms with Gasteiger partial charge in [0.05, 0.1) is 16.1 Å². The normalized spacial score (nSPS) is 11.5. The maximum absolute atomic E-state index is 12.3. The standard InChI is InChI=1S/C16H14N2O3S/c1-11-9-16(19)14-8-7-12(10-15(14)17-11)18-22(20,21)13-5-3-2-4-6-13/h2-10,18H,1H3,(H,17,19). The van der Waals surface area contributed by atoms with Crippen molar-refractivity contribution in [3.05, 3.63) is 70.5 Å². The number of benzene rings is 2. The number of aryl methyl sites for hydroxylation is 1. The molecule has 0 bridgehead atoms. The number of anilines is 1. The number of hydrogen-bond donors (Lipinski definition) is 2. The van der Waals surface area contributed by atoms with Crippen LogP contribution in [0, 0.1) is 6.92 Å². The van der Waals surface area contributed by atoms with Gasteiger partial charge in [0.25, 0.3) is 10.0 Å². The van der Waals surface area contributed by atoms with Gasteiger partial charge in [0.1, 0.15) is 0 Å². The Balaban J connectivity index is 2.03. The average molecular weight is 314 g/mol. The van der Waals surface area contributed by atoms with E-state index < -0.39 is 10.0 Å². The molecule has 2 aromatic carbocycles. The first-order valence-electron chi connectivity index (χ1n) is 6.67. The molecule has 22 heavy (non-hydrogen) atoms. The molecule has 1 aromatic heterocycles. The highest BCUT2D eigenvalue weighted by molar-refractivity contribution is 7.92. The molecular weight excluding hydrogens is 300 g/mol. The second-order valence-corrected chi connectivity index (χ2v) is 6.68. The molecule has 112 valence electrons. The number of aromatic amines is 1. The SMILES string of the molecule is Cc1cc(=O)c2ccc(NS(=O)(=O)c3ccccc3)cc2[nH]1. The van der Waals surface area contributed by atoms with E-state index in [9.17, 15) is 13.2 Å². The molecule has 6 heteroatoms. The van der Waals surface area contributed by atoms with Gasteiger partial charge in [0.2, 0.25) is 0 Å². The predicted molar refractivity (Wildman–Crippen MR) is 86.6 cm³/mol. The molecule has 0 unspecified atom stereocenters. The summed E-state index contributed by atoms with van der Waals surface area (Å²) >= 11 is 0. The summed E-state index contributed by atoms with van der Waals surface area (Å²) in [6.07, 6.45) is 0. The lowest BCUT2D eigenvalue weighted by atomic mass is 10.2. The third-order valence-corrected chi connectivity index (χ3v) is 4.67. The van der Waals surface area contributed by atoms with Crippen molar-refractivity contribution in [2.24, 2.45) is 0 Å². The summed E-state index contributed by atoms with van der Waals surface area (Å²) in [5.41, 5.74) is 1.63. The average Bonchev–Trinajstić information content (AvgIpc) is 2.47. The molecule has 0 saturated carbocycles. The number of H-pyrrole nitrogens is 1. The molecule has 3 aromatic rings. The lowest BCUT2D eigenvalue weighted by Crippen LogP contribution is -2.13. The largest absolute Gasteiger partial charge is 0.358 e. The Morgan fingerprint density at radius 1 is 1.00 bits per heavy atom. The van der Waals surface area contributed by atoms with Crippen LogP contribution in [-0.2, 0) is 10.0 Å². The van der Waals surface area contributed by atoms with Gasteiger partial charge in [-0.1, -0.05) is 18.2 Å². The van der Waals surface area contributed by atoms with Crippen molar-refractivity contribution in [2.45, 2.75) is 11.8 Å². The summed E-state index contributed by atoms with van der Waals surface area (Å²) in [7, 11) is -3.64. The van der Waals surface area contributed by atoms with Crippen LogP contribution in [0.3, 0.4) is 0 Å². The molecule has 0 aliphatic heterocycles. The van der Waals surface area contributed by atoms with Crippen LogP contribution in [0.2, 0.25) is 0 Å². The second-order valence-electron chi connectivity index (χ2n) is 5.00. The maximum atomic E-state index is 12.3. The molecule has 3 rings (SSSR count). The Bertz CT molecular complexity index is 993. The van der Waals surface area contributed by atoms with E-state index in [1.165, 1.54) is 18.2 Å². The number of hydrogen-bond acceptors (Lipinski definition) is 3. The minimum Gasteiger partial charge on any atom is -0.358 e. The van der Waals surface area contributed by atoms with E-state index in [0.29, 0.717) is 16.6 Å². The van der Waals surface area contributed by atoms with Crippen LogP contribution in [0.25, 0.3) is 10.9 Å². The van der Waals surface area contributed by atoms with Crippen molar-refractivity contribution in [3.8, 4) is 0 Å². The quantitative estimate of drug-likeness (QED) is 0.780. The topological polar surface area (TPSA) is 79.0 Å². The van der Waals surface area contributed by atoms with Gasteiger partial charge in [-0.2, -0.15) is 0 Å². The van der Waals surface area contributed by atoms with E-state index >= 15 is 0 Å². The van der Waals surface area contributed by atoms with Crippen molar-refractivity contribution >= 4 is 26.6 Å². The van der Waals surface area contributed by atoms with Gasteiger partial charge in [-0.25, -0.2) is 8.42 Å². The number of sulfonamides is 1. The molecule has 0 spiro atoms. The zero-order valence-electron chi connectivity index (χ0n) is 11.8. The molecule has 0 atom stereocenters. The van der Waals surface area contributed by atoms with Crippen molar-refractivity contribution in [1.82, 2.24) is 4.98 Å². The molecule has 0 amide bonds. The first-order valence-corrected chi connectivity index (χ1v) is 8.15. The zero-order valence-corrected chi connectivity index (χ0v) is 12.6. The van der Waals surface area contributed by atoms with E-state index in [2.05, 4.69) is 9.71 Å². The smallest absolute Gasteiger partial charge is 0.261 e. The first kappa shape index (κ1) is 14.3. The molecule has 2 N–H and O–H groups in total. The van der Waals surface area contributed by atoms with Crippen LogP contribution in [0.15, 0.2) is 64.3 Å². The van der Waals surface area contributed by atoms with Crippen LogP contribution in [-0.4, -0.2) is 13.4 Å². The Kier molecular flexibility index (Phi) is 3.46. The van der Waals surface area contributed by atoms with Crippen LogP contribution in [0.1, 0.15) is 5.69 Å². The molecule has 0 fully saturated rings. The maximum Gasteiger partial charge on any atom is 0.261 e. The Hall–Kier alpha value is -2.60. The van der Waals surface area contributed by atoms with Gasteiger partial charge >= 0.3 is 0 Å². The van der Waals surface area contributed by atoms with E-state index in [-0.39, 0.29) is 10.3 Å². The summed E-state index contributed by atoms with van der Waals surface area (Å²) < 4.78 is 27.1. The van der Waals surface area contributed by atoms with Crippen LogP contribution in [0.4, 0.5) is 5.69 Å². The molecule has 1 heterocycles. The summed E-state index contributed by atoms with van der Waals surface area (Å²) in [6.45, 7) is 1.78. The van der Waals surface area contributed by atoms with Crippen LogP contribution < -0.4 is 10.2 Å². The Morgan fingerprint density at radius 2 is 1.73 bits per heavy atom. The number of rotatable bonds is 3. The number of aromatic nitrogens is 1. The highest BCUT2D eigenvalue weighted by Crippen LogP contribution is 2.19. The lowest BCUT2D eigenvalue weighted by molar-refractivity contribution is 0.601. The Morgan fingerprint density at radius 3 is 2.45 bits per heavy atom. The molecular formula is C16H14N2O3S. The van der Waals surface area contributed by atoms with E-state index in [1.54, 1.807) is 43.3 Å². The van der Waals surface area contributed by atoms with Gasteiger partial charge in [-0.05, 0) is 37.3 Å². The predicted octanol–water partition coefficient (Wildman–Crippen LogP) is 2.64. The van der Waals surface area contributed by atoms with E-state index in [0.717, 1.165) is 5.69 Å². The molecule has 0 aliphatic carbocycles. The highest BCUT2D eigenvalue weighted by Gasteiger charge is 2.13. The molecule has 5 nitrogen and oxygen atoms in total. The van der Waals surface area contributed by atoms with Gasteiger partial charge in [0.15, 0.2) is 5.43 Å². The Labute approximate surface area is 127 Å². The van der Waals surface area contributed by atoms with Gasteiger partial charge in [0, 0.05) is 17.1 Å².